The molecule has 0 radical (unpaired) electrons. The Morgan fingerprint density at radius 3 is 2.72 bits per heavy atom. The molecule has 1 unspecified atom stereocenters. The van der Waals surface area contributed by atoms with E-state index in [4.69, 9.17) is 4.74 Å². The molecule has 174 valence electrons. The summed E-state index contributed by atoms with van der Waals surface area (Å²) in [6, 6.07) is 5.03. The van der Waals surface area contributed by atoms with Gasteiger partial charge in [-0.15, -0.1) is 0 Å². The molecule has 3 rings (SSSR count). The maximum Gasteiger partial charge on any atom is 0.332 e. The van der Waals surface area contributed by atoms with Gasteiger partial charge >= 0.3 is 6.03 Å². The second-order valence-corrected chi connectivity index (χ2v) is 10.2. The SMILES string of the molecule is COc1cc(-c2cc(F)cc(C(C)C)c2NC(=O)NS(=O)(=O)CC2CCN(C)C2)ccn1. The molecule has 0 aliphatic carbocycles. The van der Waals surface area contributed by atoms with Gasteiger partial charge in [0.25, 0.3) is 0 Å². The molecule has 1 aromatic heterocycles. The average molecular weight is 465 g/mol. The third-order valence-electron chi connectivity index (χ3n) is 5.44. The highest BCUT2D eigenvalue weighted by atomic mass is 32.2. The van der Waals surface area contributed by atoms with E-state index in [1.807, 2.05) is 20.9 Å². The molecule has 0 spiro atoms. The van der Waals surface area contributed by atoms with Crippen molar-refractivity contribution in [2.24, 2.45) is 5.92 Å². The molecule has 1 aliphatic rings. The highest BCUT2D eigenvalue weighted by molar-refractivity contribution is 7.90. The van der Waals surface area contributed by atoms with Gasteiger partial charge < -0.3 is 15.0 Å². The summed E-state index contributed by atoms with van der Waals surface area (Å²) < 4.78 is 46.7. The van der Waals surface area contributed by atoms with Crippen molar-refractivity contribution in [2.45, 2.75) is 26.2 Å². The van der Waals surface area contributed by atoms with Gasteiger partial charge in [-0.1, -0.05) is 13.8 Å². The zero-order valence-corrected chi connectivity index (χ0v) is 19.5. The standard InChI is InChI=1S/C22H29FN4O4S/c1-14(2)18-10-17(23)11-19(16-5-7-24-20(9-16)31-4)21(18)25-22(28)26-32(29,30)13-15-6-8-27(3)12-15/h5,7,9-11,14-15H,6,8,12-13H2,1-4H3,(H2,25,26,28). The van der Waals surface area contributed by atoms with Crippen molar-refractivity contribution in [2.75, 3.05) is 38.3 Å². The largest absolute Gasteiger partial charge is 0.481 e. The summed E-state index contributed by atoms with van der Waals surface area (Å²) in [4.78, 5) is 18.8. The van der Waals surface area contributed by atoms with Crippen LogP contribution in [-0.4, -0.2) is 57.3 Å². The number of pyridine rings is 1. The molecule has 10 heteroatoms. The van der Waals surface area contributed by atoms with Gasteiger partial charge in [-0.05, 0) is 61.2 Å². The quantitative estimate of drug-likeness (QED) is 0.651. The van der Waals surface area contributed by atoms with E-state index in [0.717, 1.165) is 13.0 Å². The van der Waals surface area contributed by atoms with Crippen molar-refractivity contribution in [3.63, 3.8) is 0 Å². The Kier molecular flexibility index (Phi) is 7.35. The molecule has 2 amide bonds. The molecular weight excluding hydrogens is 435 g/mol. The van der Waals surface area contributed by atoms with Crippen LogP contribution in [-0.2, 0) is 10.0 Å². The Bertz CT molecular complexity index is 1090. The number of rotatable bonds is 7. The first-order valence-electron chi connectivity index (χ1n) is 10.4. The summed E-state index contributed by atoms with van der Waals surface area (Å²) in [6.07, 6.45) is 2.28. The number of sulfonamides is 1. The van der Waals surface area contributed by atoms with E-state index in [1.54, 1.807) is 12.1 Å². The topological polar surface area (TPSA) is 101 Å². The van der Waals surface area contributed by atoms with Crippen molar-refractivity contribution in [1.82, 2.24) is 14.6 Å². The van der Waals surface area contributed by atoms with E-state index in [-0.39, 0.29) is 17.6 Å². The number of halogens is 1. The Balaban J connectivity index is 1.89. The summed E-state index contributed by atoms with van der Waals surface area (Å²) in [5, 5.41) is 2.65. The van der Waals surface area contributed by atoms with E-state index < -0.39 is 21.9 Å². The number of nitrogens with one attached hydrogen (secondary N) is 2. The second-order valence-electron chi connectivity index (χ2n) is 8.41. The fourth-order valence-electron chi connectivity index (χ4n) is 3.93. The number of methoxy groups -OCH3 is 1. The minimum absolute atomic E-state index is 0.0257. The zero-order valence-electron chi connectivity index (χ0n) is 18.7. The van der Waals surface area contributed by atoms with Crippen LogP contribution in [0.1, 0.15) is 31.7 Å². The number of nitrogens with zero attached hydrogens (tertiary/aromatic N) is 2. The smallest absolute Gasteiger partial charge is 0.332 e. The van der Waals surface area contributed by atoms with Crippen molar-refractivity contribution in [3.8, 4) is 17.0 Å². The van der Waals surface area contributed by atoms with E-state index >= 15 is 0 Å². The van der Waals surface area contributed by atoms with Crippen LogP contribution in [0.15, 0.2) is 30.5 Å². The lowest BCUT2D eigenvalue weighted by Gasteiger charge is -2.20. The molecule has 0 bridgehead atoms. The van der Waals surface area contributed by atoms with Gasteiger partial charge in [-0.2, -0.15) is 0 Å². The van der Waals surface area contributed by atoms with Crippen LogP contribution < -0.4 is 14.8 Å². The minimum atomic E-state index is -3.83. The van der Waals surface area contributed by atoms with Crippen LogP contribution in [0.4, 0.5) is 14.9 Å². The Labute approximate surface area is 188 Å². The predicted molar refractivity (Wildman–Crippen MR) is 122 cm³/mol. The van der Waals surface area contributed by atoms with Crippen molar-refractivity contribution >= 4 is 21.7 Å². The molecule has 1 saturated heterocycles. The lowest BCUT2D eigenvalue weighted by atomic mass is 9.94. The monoisotopic (exact) mass is 464 g/mol. The third kappa shape index (κ3) is 5.95. The number of benzene rings is 1. The molecule has 1 atom stereocenters. The number of hydrogen-bond donors (Lipinski definition) is 2. The summed E-state index contributed by atoms with van der Waals surface area (Å²) in [7, 11) is -0.426. The van der Waals surface area contributed by atoms with E-state index in [1.165, 1.54) is 25.4 Å². The number of amides is 2. The lowest BCUT2D eigenvalue weighted by Crippen LogP contribution is -2.38. The van der Waals surface area contributed by atoms with Gasteiger partial charge in [0, 0.05) is 24.4 Å². The maximum atomic E-state index is 14.4. The first kappa shape index (κ1) is 23.9. The van der Waals surface area contributed by atoms with Crippen molar-refractivity contribution < 1.29 is 22.3 Å². The molecule has 1 aromatic carbocycles. The van der Waals surface area contributed by atoms with Crippen LogP contribution in [0.3, 0.4) is 0 Å². The average Bonchev–Trinajstić information content (AvgIpc) is 3.12. The first-order chi connectivity index (χ1) is 15.1. The summed E-state index contributed by atoms with van der Waals surface area (Å²) in [5.74, 6) is -0.420. The fraction of sp³-hybridized carbons (Fsp3) is 0.455. The van der Waals surface area contributed by atoms with Crippen LogP contribution in [0.5, 0.6) is 5.88 Å². The Morgan fingerprint density at radius 1 is 1.34 bits per heavy atom. The van der Waals surface area contributed by atoms with Crippen molar-refractivity contribution in [1.29, 1.82) is 0 Å². The van der Waals surface area contributed by atoms with E-state index in [9.17, 15) is 17.6 Å². The van der Waals surface area contributed by atoms with Gasteiger partial charge in [0.15, 0.2) is 0 Å². The molecule has 1 fully saturated rings. The van der Waals surface area contributed by atoms with Crippen LogP contribution >= 0.6 is 0 Å². The van der Waals surface area contributed by atoms with E-state index in [2.05, 4.69) is 19.9 Å². The molecule has 2 N–H and O–H groups in total. The molecule has 2 aromatic rings. The fourth-order valence-corrected chi connectivity index (χ4v) is 5.24. The van der Waals surface area contributed by atoms with Crippen LogP contribution in [0.25, 0.3) is 11.1 Å². The first-order valence-corrected chi connectivity index (χ1v) is 12.1. The van der Waals surface area contributed by atoms with Gasteiger partial charge in [0.2, 0.25) is 15.9 Å². The normalized spacial score (nSPS) is 16.9. The Hall–Kier alpha value is -2.72. The molecule has 0 saturated carbocycles. The van der Waals surface area contributed by atoms with Gasteiger partial charge in [0.1, 0.15) is 5.82 Å². The summed E-state index contributed by atoms with van der Waals surface area (Å²) in [5.41, 5.74) is 1.86. The Morgan fingerprint density at radius 2 is 2.09 bits per heavy atom. The van der Waals surface area contributed by atoms with Gasteiger partial charge in [-0.3, -0.25) is 0 Å². The number of ether oxygens (including phenoxy) is 1. The zero-order chi connectivity index (χ0) is 23.5. The number of likely N-dealkylation sites (tertiary alicyclic amines) is 1. The second kappa shape index (κ2) is 9.83. The highest BCUT2D eigenvalue weighted by Gasteiger charge is 2.27. The van der Waals surface area contributed by atoms with Crippen LogP contribution in [0, 0.1) is 11.7 Å². The number of hydrogen-bond acceptors (Lipinski definition) is 6. The number of urea groups is 1. The van der Waals surface area contributed by atoms with Gasteiger partial charge in [0.05, 0.1) is 18.6 Å². The number of carbonyl (C=O) groups is 1. The summed E-state index contributed by atoms with van der Waals surface area (Å²) in [6.45, 7) is 5.23. The molecule has 1 aliphatic heterocycles. The van der Waals surface area contributed by atoms with Crippen LogP contribution in [0.2, 0.25) is 0 Å². The lowest BCUT2D eigenvalue weighted by molar-refractivity contribution is 0.256. The van der Waals surface area contributed by atoms with Crippen molar-refractivity contribution in [3.05, 3.63) is 41.8 Å². The molecular formula is C22H29FN4O4S. The number of carbonyl (C=O) groups excluding carboxylic acids is 1. The predicted octanol–water partition coefficient (Wildman–Crippen LogP) is 3.42. The van der Waals surface area contributed by atoms with E-state index in [0.29, 0.717) is 34.8 Å². The van der Waals surface area contributed by atoms with Gasteiger partial charge in [-0.25, -0.2) is 27.3 Å². The number of anilines is 1. The third-order valence-corrected chi connectivity index (χ3v) is 6.85. The summed E-state index contributed by atoms with van der Waals surface area (Å²) >= 11 is 0. The minimum Gasteiger partial charge on any atom is -0.481 e. The highest BCUT2D eigenvalue weighted by Crippen LogP contribution is 2.36. The maximum absolute atomic E-state index is 14.4. The molecule has 8 nitrogen and oxygen atoms in total. The molecule has 2 heterocycles. The molecule has 32 heavy (non-hydrogen) atoms. The number of aromatic nitrogens is 1.